The van der Waals surface area contributed by atoms with Crippen LogP contribution in [0.1, 0.15) is 30.6 Å². The number of nitrogens with zero attached hydrogens (tertiary/aromatic N) is 1. The van der Waals surface area contributed by atoms with E-state index in [9.17, 15) is 22.8 Å². The van der Waals surface area contributed by atoms with Crippen molar-refractivity contribution in [3.8, 4) is 11.3 Å². The maximum absolute atomic E-state index is 12.9. The quantitative estimate of drug-likeness (QED) is 0.341. The van der Waals surface area contributed by atoms with Crippen LogP contribution in [0, 0.1) is 0 Å². The molecule has 1 aromatic carbocycles. The van der Waals surface area contributed by atoms with Crippen LogP contribution in [0.2, 0.25) is 0 Å². The van der Waals surface area contributed by atoms with Crippen LogP contribution in [-0.4, -0.2) is 32.7 Å². The molecule has 1 fully saturated rings. The summed E-state index contributed by atoms with van der Waals surface area (Å²) in [5.74, 6) is -0.641. The van der Waals surface area contributed by atoms with Crippen molar-refractivity contribution in [1.82, 2.24) is 4.90 Å². The number of hydrogen-bond acceptors (Lipinski definition) is 5. The SMILES string of the molecule is O=C(O)CCCCN1C(=O)C(=Cc2ccc(-c3cccc(C(F)(F)F)c3)o2)SC1=S. The number of alkyl halides is 3. The van der Waals surface area contributed by atoms with E-state index in [1.54, 1.807) is 6.07 Å². The fourth-order valence-corrected chi connectivity index (χ4v) is 4.09. The van der Waals surface area contributed by atoms with Crippen LogP contribution in [0.4, 0.5) is 13.2 Å². The van der Waals surface area contributed by atoms with Gasteiger partial charge in [-0.1, -0.05) is 36.1 Å². The number of rotatable bonds is 7. The third-order valence-corrected chi connectivity index (χ3v) is 5.65. The van der Waals surface area contributed by atoms with Gasteiger partial charge in [0.15, 0.2) is 0 Å². The van der Waals surface area contributed by atoms with Crippen LogP contribution in [0.5, 0.6) is 0 Å². The van der Waals surface area contributed by atoms with E-state index in [1.165, 1.54) is 29.2 Å². The molecule has 158 valence electrons. The van der Waals surface area contributed by atoms with Gasteiger partial charge in [-0.2, -0.15) is 13.2 Å². The van der Waals surface area contributed by atoms with Crippen molar-refractivity contribution in [2.24, 2.45) is 0 Å². The van der Waals surface area contributed by atoms with Gasteiger partial charge in [-0.25, -0.2) is 0 Å². The number of carboxylic acid groups (broad SMARTS) is 1. The molecule has 1 aromatic heterocycles. The van der Waals surface area contributed by atoms with Crippen molar-refractivity contribution in [2.75, 3.05) is 6.54 Å². The van der Waals surface area contributed by atoms with Crippen LogP contribution in [0.25, 0.3) is 17.4 Å². The predicted octanol–water partition coefficient (Wildman–Crippen LogP) is 5.42. The minimum absolute atomic E-state index is 0.0232. The number of halogens is 3. The Hall–Kier alpha value is -2.59. The van der Waals surface area contributed by atoms with Crippen LogP contribution in [-0.2, 0) is 15.8 Å². The zero-order valence-corrected chi connectivity index (χ0v) is 17.1. The van der Waals surface area contributed by atoms with E-state index in [0.29, 0.717) is 34.4 Å². The largest absolute Gasteiger partial charge is 0.481 e. The van der Waals surface area contributed by atoms with Gasteiger partial charge in [-0.05, 0) is 37.1 Å². The molecule has 2 aromatic rings. The highest BCUT2D eigenvalue weighted by Gasteiger charge is 2.32. The number of amides is 1. The molecule has 0 spiro atoms. The van der Waals surface area contributed by atoms with Gasteiger partial charge in [0.25, 0.3) is 5.91 Å². The lowest BCUT2D eigenvalue weighted by Crippen LogP contribution is -2.29. The standard InChI is InChI=1S/C20H16F3NO4S2/c21-20(22,23)13-5-3-4-12(10-13)15-8-7-14(28-15)11-16-18(27)24(19(29)30-16)9-2-1-6-17(25)26/h3-5,7-8,10-11H,1-2,6,9H2,(H,25,26). The maximum atomic E-state index is 12.9. The Morgan fingerprint density at radius 1 is 1.23 bits per heavy atom. The molecule has 10 heteroatoms. The summed E-state index contributed by atoms with van der Waals surface area (Å²) < 4.78 is 44.7. The molecular formula is C20H16F3NO4S2. The number of carbonyl (C=O) groups is 2. The third-order valence-electron chi connectivity index (χ3n) is 4.27. The number of carbonyl (C=O) groups excluding carboxylic acids is 1. The smallest absolute Gasteiger partial charge is 0.416 e. The van der Waals surface area contributed by atoms with E-state index >= 15 is 0 Å². The molecule has 1 N–H and O–H groups in total. The molecule has 2 heterocycles. The summed E-state index contributed by atoms with van der Waals surface area (Å²) in [6.07, 6.45) is -2.00. The molecule has 1 aliphatic heterocycles. The first-order valence-corrected chi connectivity index (χ1v) is 10.1. The van der Waals surface area contributed by atoms with Gasteiger partial charge in [0, 0.05) is 24.6 Å². The highest BCUT2D eigenvalue weighted by atomic mass is 32.2. The first-order chi connectivity index (χ1) is 14.1. The molecule has 0 atom stereocenters. The molecule has 30 heavy (non-hydrogen) atoms. The van der Waals surface area contributed by atoms with Gasteiger partial charge in [0.1, 0.15) is 15.8 Å². The Bertz CT molecular complexity index is 1010. The van der Waals surface area contributed by atoms with Crippen molar-refractivity contribution < 1.29 is 32.3 Å². The van der Waals surface area contributed by atoms with Gasteiger partial charge in [0.2, 0.25) is 0 Å². The van der Waals surface area contributed by atoms with E-state index < -0.39 is 17.7 Å². The number of carboxylic acids is 1. The second-order valence-corrected chi connectivity index (χ2v) is 8.14. The third kappa shape index (κ3) is 5.31. The lowest BCUT2D eigenvalue weighted by molar-refractivity contribution is -0.138. The van der Waals surface area contributed by atoms with E-state index in [4.69, 9.17) is 21.7 Å². The molecule has 5 nitrogen and oxygen atoms in total. The lowest BCUT2D eigenvalue weighted by atomic mass is 10.1. The summed E-state index contributed by atoms with van der Waals surface area (Å²) in [6.45, 7) is 0.322. The van der Waals surface area contributed by atoms with Gasteiger partial charge < -0.3 is 9.52 Å². The van der Waals surface area contributed by atoms with Gasteiger partial charge in [-0.15, -0.1) is 0 Å². The van der Waals surface area contributed by atoms with Crippen LogP contribution >= 0.6 is 24.0 Å². The first kappa shape index (κ1) is 22.1. The number of aliphatic carboxylic acids is 1. The van der Waals surface area contributed by atoms with Crippen molar-refractivity contribution in [3.05, 3.63) is 52.6 Å². The zero-order valence-electron chi connectivity index (χ0n) is 15.4. The summed E-state index contributed by atoms with van der Waals surface area (Å²) in [5.41, 5.74) is -0.503. The van der Waals surface area contributed by atoms with Gasteiger partial charge >= 0.3 is 12.1 Å². The van der Waals surface area contributed by atoms with Crippen molar-refractivity contribution in [1.29, 1.82) is 0 Å². The molecular weight excluding hydrogens is 439 g/mol. The lowest BCUT2D eigenvalue weighted by Gasteiger charge is -2.13. The van der Waals surface area contributed by atoms with E-state index in [-0.39, 0.29) is 23.7 Å². The van der Waals surface area contributed by atoms with Gasteiger partial charge in [0.05, 0.1) is 10.5 Å². The number of hydrogen-bond donors (Lipinski definition) is 1. The first-order valence-electron chi connectivity index (χ1n) is 8.90. The van der Waals surface area contributed by atoms with Crippen LogP contribution in [0.3, 0.4) is 0 Å². The zero-order chi connectivity index (χ0) is 21.9. The number of furan rings is 1. The van der Waals surface area contributed by atoms with Crippen molar-refractivity contribution in [2.45, 2.75) is 25.4 Å². The molecule has 1 saturated heterocycles. The Kier molecular flexibility index (Phi) is 6.67. The summed E-state index contributed by atoms with van der Waals surface area (Å²) in [4.78, 5) is 24.9. The number of thiocarbonyl (C=S) groups is 1. The fourth-order valence-electron chi connectivity index (χ4n) is 2.80. The molecule has 1 amide bonds. The Morgan fingerprint density at radius 2 is 2.00 bits per heavy atom. The molecule has 0 aliphatic carbocycles. The highest BCUT2D eigenvalue weighted by molar-refractivity contribution is 8.26. The Morgan fingerprint density at radius 3 is 2.70 bits per heavy atom. The molecule has 0 radical (unpaired) electrons. The van der Waals surface area contributed by atoms with Crippen molar-refractivity contribution in [3.63, 3.8) is 0 Å². The normalized spacial score (nSPS) is 16.0. The summed E-state index contributed by atoms with van der Waals surface area (Å²) >= 11 is 6.31. The molecule has 3 rings (SSSR count). The molecule has 0 unspecified atom stereocenters. The molecule has 1 aliphatic rings. The average Bonchev–Trinajstić information content (AvgIpc) is 3.24. The maximum Gasteiger partial charge on any atom is 0.416 e. The second kappa shape index (κ2) is 9.05. The van der Waals surface area contributed by atoms with E-state index in [2.05, 4.69) is 0 Å². The Labute approximate surface area is 179 Å². The summed E-state index contributed by atoms with van der Waals surface area (Å²) in [6, 6.07) is 7.89. The molecule has 0 saturated carbocycles. The minimum Gasteiger partial charge on any atom is -0.481 e. The van der Waals surface area contributed by atoms with E-state index in [0.717, 1.165) is 23.9 Å². The summed E-state index contributed by atoms with van der Waals surface area (Å²) in [5, 5.41) is 8.67. The summed E-state index contributed by atoms with van der Waals surface area (Å²) in [7, 11) is 0. The molecule has 0 bridgehead atoms. The number of benzene rings is 1. The van der Waals surface area contributed by atoms with Crippen LogP contribution in [0.15, 0.2) is 45.7 Å². The predicted molar refractivity (Wildman–Crippen MR) is 111 cm³/mol. The second-order valence-electron chi connectivity index (χ2n) is 6.46. The average molecular weight is 455 g/mol. The van der Waals surface area contributed by atoms with Crippen LogP contribution < -0.4 is 0 Å². The van der Waals surface area contributed by atoms with E-state index in [1.807, 2.05) is 0 Å². The topological polar surface area (TPSA) is 70.8 Å². The van der Waals surface area contributed by atoms with Crippen molar-refractivity contribution >= 4 is 46.3 Å². The number of unbranched alkanes of at least 4 members (excludes halogenated alkanes) is 1. The highest BCUT2D eigenvalue weighted by Crippen LogP contribution is 2.35. The van der Waals surface area contributed by atoms with Gasteiger partial charge in [-0.3, -0.25) is 14.5 Å². The number of thioether (sulfide) groups is 1. The minimum atomic E-state index is -4.45. The monoisotopic (exact) mass is 455 g/mol. The Balaban J connectivity index is 1.71. The fraction of sp³-hybridized carbons (Fsp3) is 0.250.